The number of carbonyl (C=O) groups excluding carboxylic acids is 1. The van der Waals surface area contributed by atoms with Gasteiger partial charge in [-0.1, -0.05) is 6.08 Å². The third kappa shape index (κ3) is 5.28. The van der Waals surface area contributed by atoms with E-state index in [0.717, 1.165) is 11.9 Å². The van der Waals surface area contributed by atoms with Gasteiger partial charge in [-0.15, -0.1) is 6.58 Å². The number of nitrogens with zero attached hydrogens (tertiary/aromatic N) is 1. The van der Waals surface area contributed by atoms with Crippen molar-refractivity contribution in [1.82, 2.24) is 10.2 Å². The van der Waals surface area contributed by atoms with Crippen molar-refractivity contribution in [3.63, 3.8) is 0 Å². The lowest BCUT2D eigenvalue weighted by Gasteiger charge is -2.20. The predicted molar refractivity (Wildman–Crippen MR) is 53.4 cm³/mol. The van der Waals surface area contributed by atoms with Crippen LogP contribution in [0.3, 0.4) is 0 Å². The largest absolute Gasteiger partial charge is 0.480 e. The number of amides is 2. The number of carbonyl (C=O) groups is 2. The zero-order valence-corrected chi connectivity index (χ0v) is 8.82. The first kappa shape index (κ1) is 14.3. The van der Waals surface area contributed by atoms with Crippen LogP contribution in [0.2, 0.25) is 0 Å². The summed E-state index contributed by atoms with van der Waals surface area (Å²) >= 11 is 0. The Labute approximate surface area is 91.7 Å². The molecule has 0 aromatic heterocycles. The number of nitrogens with one attached hydrogen (secondary N) is 1. The SMILES string of the molecule is C=CCC(NC(=O)N(C)CC(F)F)C(=O)O. The maximum Gasteiger partial charge on any atom is 0.326 e. The maximum absolute atomic E-state index is 11.9. The molecule has 0 spiro atoms. The summed E-state index contributed by atoms with van der Waals surface area (Å²) in [6.45, 7) is 2.59. The van der Waals surface area contributed by atoms with E-state index >= 15 is 0 Å². The fourth-order valence-electron chi connectivity index (χ4n) is 0.937. The molecule has 0 saturated carbocycles. The molecule has 1 unspecified atom stereocenters. The Morgan fingerprint density at radius 1 is 1.56 bits per heavy atom. The van der Waals surface area contributed by atoms with Gasteiger partial charge in [-0.05, 0) is 6.42 Å². The molecule has 1 atom stereocenters. The Hall–Kier alpha value is -1.66. The molecule has 7 heteroatoms. The predicted octanol–water partition coefficient (Wildman–Crippen LogP) is 0.922. The molecule has 2 amide bonds. The first-order chi connectivity index (χ1) is 7.38. The van der Waals surface area contributed by atoms with Crippen molar-refractivity contribution in [2.75, 3.05) is 13.6 Å². The number of aliphatic carboxylic acids is 1. The van der Waals surface area contributed by atoms with Gasteiger partial charge in [0, 0.05) is 7.05 Å². The molecular weight excluding hydrogens is 222 g/mol. The van der Waals surface area contributed by atoms with Gasteiger partial charge in [0.25, 0.3) is 6.43 Å². The summed E-state index contributed by atoms with van der Waals surface area (Å²) in [5, 5.41) is 10.8. The average Bonchev–Trinajstić information content (AvgIpc) is 2.15. The fraction of sp³-hybridized carbons (Fsp3) is 0.556. The molecule has 16 heavy (non-hydrogen) atoms. The molecule has 0 aromatic rings. The van der Waals surface area contributed by atoms with Gasteiger partial charge in [0.05, 0.1) is 6.54 Å². The molecule has 0 radical (unpaired) electrons. The minimum Gasteiger partial charge on any atom is -0.480 e. The minimum atomic E-state index is -2.65. The van der Waals surface area contributed by atoms with Crippen molar-refractivity contribution in [2.24, 2.45) is 0 Å². The Bertz CT molecular complexity index is 271. The molecule has 0 aromatic carbocycles. The lowest BCUT2D eigenvalue weighted by molar-refractivity contribution is -0.139. The van der Waals surface area contributed by atoms with Crippen LogP contribution in [0.1, 0.15) is 6.42 Å². The van der Waals surface area contributed by atoms with Gasteiger partial charge >= 0.3 is 12.0 Å². The van der Waals surface area contributed by atoms with Crippen molar-refractivity contribution >= 4 is 12.0 Å². The van der Waals surface area contributed by atoms with Crippen molar-refractivity contribution in [3.8, 4) is 0 Å². The van der Waals surface area contributed by atoms with Crippen LogP contribution in [0.5, 0.6) is 0 Å². The molecule has 0 saturated heterocycles. The lowest BCUT2D eigenvalue weighted by atomic mass is 10.2. The van der Waals surface area contributed by atoms with E-state index in [9.17, 15) is 18.4 Å². The third-order valence-electron chi connectivity index (χ3n) is 1.76. The second kappa shape index (κ2) is 6.76. The molecule has 0 aliphatic rings. The highest BCUT2D eigenvalue weighted by Crippen LogP contribution is 1.99. The quantitative estimate of drug-likeness (QED) is 0.674. The van der Waals surface area contributed by atoms with Crippen LogP contribution in [0.15, 0.2) is 12.7 Å². The molecule has 0 bridgehead atoms. The maximum atomic E-state index is 11.9. The van der Waals surface area contributed by atoms with Crippen molar-refractivity contribution in [1.29, 1.82) is 0 Å². The highest BCUT2D eigenvalue weighted by molar-refractivity contribution is 5.82. The number of carboxylic acids is 1. The van der Waals surface area contributed by atoms with Crippen molar-refractivity contribution in [2.45, 2.75) is 18.9 Å². The van der Waals surface area contributed by atoms with Crippen LogP contribution in [0.4, 0.5) is 13.6 Å². The Balaban J connectivity index is 4.28. The standard InChI is InChI=1S/C9H14F2N2O3/c1-3-4-6(8(14)15)12-9(16)13(2)5-7(10)11/h3,6-7H,1,4-5H2,2H3,(H,12,16)(H,14,15). The van der Waals surface area contributed by atoms with Gasteiger partial charge in [0.2, 0.25) is 0 Å². The molecule has 0 aliphatic heterocycles. The summed E-state index contributed by atoms with van der Waals surface area (Å²) in [6.07, 6.45) is -1.30. The van der Waals surface area contributed by atoms with E-state index in [1.807, 2.05) is 0 Å². The summed E-state index contributed by atoms with van der Waals surface area (Å²) in [6, 6.07) is -2.00. The third-order valence-corrected chi connectivity index (χ3v) is 1.76. The second-order valence-corrected chi connectivity index (χ2v) is 3.14. The van der Waals surface area contributed by atoms with Gasteiger partial charge < -0.3 is 15.3 Å². The number of hydrogen-bond acceptors (Lipinski definition) is 2. The second-order valence-electron chi connectivity index (χ2n) is 3.14. The van der Waals surface area contributed by atoms with Crippen LogP contribution >= 0.6 is 0 Å². The monoisotopic (exact) mass is 236 g/mol. The van der Waals surface area contributed by atoms with Gasteiger partial charge in [-0.3, -0.25) is 0 Å². The summed E-state index contributed by atoms with van der Waals surface area (Å²) in [5.41, 5.74) is 0. The molecule has 0 rings (SSSR count). The molecule has 0 aliphatic carbocycles. The smallest absolute Gasteiger partial charge is 0.326 e. The summed E-state index contributed by atoms with van der Waals surface area (Å²) in [5.74, 6) is -1.24. The number of carboxylic acid groups (broad SMARTS) is 1. The Morgan fingerprint density at radius 2 is 2.12 bits per heavy atom. The molecule has 5 nitrogen and oxygen atoms in total. The van der Waals surface area contributed by atoms with E-state index in [1.165, 1.54) is 6.08 Å². The average molecular weight is 236 g/mol. The summed E-state index contributed by atoms with van der Waals surface area (Å²) < 4.78 is 23.9. The minimum absolute atomic E-state index is 0.0313. The molecule has 92 valence electrons. The summed E-state index contributed by atoms with van der Waals surface area (Å²) in [4.78, 5) is 22.6. The molecule has 0 heterocycles. The van der Waals surface area contributed by atoms with Gasteiger partial charge in [0.1, 0.15) is 6.04 Å². The van der Waals surface area contributed by atoms with Crippen LogP contribution < -0.4 is 5.32 Å². The van der Waals surface area contributed by atoms with E-state index in [2.05, 4.69) is 11.9 Å². The lowest BCUT2D eigenvalue weighted by Crippen LogP contribution is -2.47. The van der Waals surface area contributed by atoms with Gasteiger partial charge in [0.15, 0.2) is 0 Å². The number of hydrogen-bond donors (Lipinski definition) is 2. The van der Waals surface area contributed by atoms with Crippen LogP contribution in [0, 0.1) is 0 Å². The number of urea groups is 1. The van der Waals surface area contributed by atoms with Crippen LogP contribution in [-0.2, 0) is 4.79 Å². The highest BCUT2D eigenvalue weighted by atomic mass is 19.3. The van der Waals surface area contributed by atoms with E-state index < -0.39 is 31.0 Å². The molecule has 0 fully saturated rings. The van der Waals surface area contributed by atoms with Gasteiger partial charge in [-0.25, -0.2) is 18.4 Å². The van der Waals surface area contributed by atoms with Crippen LogP contribution in [0.25, 0.3) is 0 Å². The number of rotatable bonds is 6. The number of alkyl halides is 2. The van der Waals surface area contributed by atoms with Crippen LogP contribution in [-0.4, -0.2) is 48.1 Å². The normalized spacial score (nSPS) is 12.0. The number of halogens is 2. The first-order valence-corrected chi connectivity index (χ1v) is 4.52. The highest BCUT2D eigenvalue weighted by Gasteiger charge is 2.21. The molecular formula is C9H14F2N2O3. The fourth-order valence-corrected chi connectivity index (χ4v) is 0.937. The zero-order valence-electron chi connectivity index (χ0n) is 8.82. The summed E-state index contributed by atoms with van der Waals surface area (Å²) in [7, 11) is 1.16. The van der Waals surface area contributed by atoms with Crippen molar-refractivity contribution < 1.29 is 23.5 Å². The van der Waals surface area contributed by atoms with E-state index in [-0.39, 0.29) is 6.42 Å². The van der Waals surface area contributed by atoms with E-state index in [0.29, 0.717) is 0 Å². The molecule has 2 N–H and O–H groups in total. The topological polar surface area (TPSA) is 69.6 Å². The van der Waals surface area contributed by atoms with E-state index in [4.69, 9.17) is 5.11 Å². The van der Waals surface area contributed by atoms with Gasteiger partial charge in [-0.2, -0.15) is 0 Å². The van der Waals surface area contributed by atoms with E-state index in [1.54, 1.807) is 0 Å². The van der Waals surface area contributed by atoms with Crippen molar-refractivity contribution in [3.05, 3.63) is 12.7 Å². The Morgan fingerprint density at radius 3 is 2.50 bits per heavy atom. The first-order valence-electron chi connectivity index (χ1n) is 4.52. The zero-order chi connectivity index (χ0) is 12.7. The Kier molecular flexibility index (Phi) is 6.06.